The third-order valence-corrected chi connectivity index (χ3v) is 4.15. The molecule has 0 unspecified atom stereocenters. The number of para-hydroxylation sites is 1. The summed E-state index contributed by atoms with van der Waals surface area (Å²) in [4.78, 5) is 23.6. The minimum Gasteiger partial charge on any atom is -0.481 e. The Labute approximate surface area is 162 Å². The SMILES string of the molecule is N#Cc1ccccc1-n1cc(C(=O)c2cc(Br)ccc2OCC(=O)O)cn1. The Morgan fingerprint density at radius 2 is 2.04 bits per heavy atom. The molecule has 2 aromatic carbocycles. The molecule has 0 bridgehead atoms. The first kappa shape index (κ1) is 18.4. The minimum absolute atomic E-state index is 0.163. The Hall–Kier alpha value is -3.44. The van der Waals surface area contributed by atoms with E-state index >= 15 is 0 Å². The van der Waals surface area contributed by atoms with Crippen molar-refractivity contribution in [2.24, 2.45) is 0 Å². The summed E-state index contributed by atoms with van der Waals surface area (Å²) >= 11 is 3.30. The molecular formula is C19H12BrN3O4. The normalized spacial score (nSPS) is 10.2. The van der Waals surface area contributed by atoms with E-state index < -0.39 is 12.6 Å². The Morgan fingerprint density at radius 1 is 1.26 bits per heavy atom. The summed E-state index contributed by atoms with van der Waals surface area (Å²) in [6.07, 6.45) is 2.90. The van der Waals surface area contributed by atoms with E-state index in [4.69, 9.17) is 9.84 Å². The second-order valence-corrected chi connectivity index (χ2v) is 6.37. The number of nitrogens with zero attached hydrogens (tertiary/aromatic N) is 3. The highest BCUT2D eigenvalue weighted by atomic mass is 79.9. The van der Waals surface area contributed by atoms with Crippen LogP contribution < -0.4 is 4.74 Å². The Kier molecular flexibility index (Phi) is 5.33. The predicted octanol–water partition coefficient (Wildman–Crippen LogP) is 3.20. The molecule has 0 aliphatic carbocycles. The smallest absolute Gasteiger partial charge is 0.341 e. The lowest BCUT2D eigenvalue weighted by Crippen LogP contribution is -2.12. The van der Waals surface area contributed by atoms with E-state index in [-0.39, 0.29) is 22.7 Å². The van der Waals surface area contributed by atoms with Crippen molar-refractivity contribution in [2.45, 2.75) is 0 Å². The third-order valence-electron chi connectivity index (χ3n) is 3.65. The van der Waals surface area contributed by atoms with Gasteiger partial charge in [0.1, 0.15) is 11.8 Å². The van der Waals surface area contributed by atoms with Crippen LogP contribution in [0.1, 0.15) is 21.5 Å². The van der Waals surface area contributed by atoms with Gasteiger partial charge in [0.2, 0.25) is 0 Å². The molecule has 0 spiro atoms. The molecule has 0 saturated carbocycles. The van der Waals surface area contributed by atoms with Crippen LogP contribution in [0.5, 0.6) is 5.75 Å². The van der Waals surface area contributed by atoms with Gasteiger partial charge in [-0.2, -0.15) is 10.4 Å². The van der Waals surface area contributed by atoms with Crippen molar-refractivity contribution in [2.75, 3.05) is 6.61 Å². The average molecular weight is 426 g/mol. The van der Waals surface area contributed by atoms with E-state index in [1.165, 1.54) is 23.1 Å². The molecule has 0 saturated heterocycles. The van der Waals surface area contributed by atoms with Gasteiger partial charge >= 0.3 is 5.97 Å². The minimum atomic E-state index is -1.14. The van der Waals surface area contributed by atoms with Crippen molar-refractivity contribution in [3.8, 4) is 17.5 Å². The number of ketones is 1. The summed E-state index contributed by atoms with van der Waals surface area (Å²) in [5.74, 6) is -1.36. The van der Waals surface area contributed by atoms with Crippen LogP contribution in [0.2, 0.25) is 0 Å². The van der Waals surface area contributed by atoms with Crippen LogP contribution in [0, 0.1) is 11.3 Å². The molecular weight excluding hydrogens is 414 g/mol. The van der Waals surface area contributed by atoms with Crippen molar-refractivity contribution in [3.05, 3.63) is 76.0 Å². The number of ether oxygens (including phenoxy) is 1. The molecule has 134 valence electrons. The summed E-state index contributed by atoms with van der Waals surface area (Å²) in [5, 5.41) is 22.2. The number of aliphatic carboxylic acids is 1. The number of carboxylic acid groups (broad SMARTS) is 1. The molecule has 8 heteroatoms. The first-order chi connectivity index (χ1) is 13.0. The van der Waals surface area contributed by atoms with Gasteiger partial charge in [-0.3, -0.25) is 4.79 Å². The Morgan fingerprint density at radius 3 is 2.78 bits per heavy atom. The summed E-state index contributed by atoms with van der Waals surface area (Å²) in [6.45, 7) is -0.559. The van der Waals surface area contributed by atoms with Crippen molar-refractivity contribution >= 4 is 27.7 Å². The van der Waals surface area contributed by atoms with Gasteiger partial charge in [0.15, 0.2) is 12.4 Å². The molecule has 0 aliphatic heterocycles. The number of hydrogen-bond donors (Lipinski definition) is 1. The van der Waals surface area contributed by atoms with Gasteiger partial charge in [-0.1, -0.05) is 28.1 Å². The fourth-order valence-corrected chi connectivity index (χ4v) is 2.80. The molecule has 0 atom stereocenters. The molecule has 3 aromatic rings. The lowest BCUT2D eigenvalue weighted by Gasteiger charge is -2.09. The molecule has 1 heterocycles. The van der Waals surface area contributed by atoms with Crippen LogP contribution in [0.4, 0.5) is 0 Å². The Bertz CT molecular complexity index is 1070. The second-order valence-electron chi connectivity index (χ2n) is 5.45. The second kappa shape index (κ2) is 7.85. The number of carbonyl (C=O) groups is 2. The maximum atomic E-state index is 12.9. The van der Waals surface area contributed by atoms with Gasteiger partial charge in [0.25, 0.3) is 0 Å². The van der Waals surface area contributed by atoms with E-state index in [2.05, 4.69) is 27.1 Å². The zero-order valence-corrected chi connectivity index (χ0v) is 15.4. The lowest BCUT2D eigenvalue weighted by atomic mass is 10.1. The highest BCUT2D eigenvalue weighted by Gasteiger charge is 2.18. The van der Waals surface area contributed by atoms with Crippen molar-refractivity contribution in [1.29, 1.82) is 5.26 Å². The van der Waals surface area contributed by atoms with E-state index in [9.17, 15) is 14.9 Å². The maximum absolute atomic E-state index is 12.9. The Balaban J connectivity index is 1.96. The largest absolute Gasteiger partial charge is 0.481 e. The summed E-state index contributed by atoms with van der Waals surface area (Å²) in [5.41, 5.74) is 1.46. The van der Waals surface area contributed by atoms with Crippen LogP contribution in [-0.2, 0) is 4.79 Å². The number of carbonyl (C=O) groups excluding carboxylic acids is 1. The fraction of sp³-hybridized carbons (Fsp3) is 0.0526. The van der Waals surface area contributed by atoms with Gasteiger partial charge in [0.05, 0.1) is 28.6 Å². The maximum Gasteiger partial charge on any atom is 0.341 e. The van der Waals surface area contributed by atoms with Crippen LogP contribution >= 0.6 is 15.9 Å². The number of halogens is 1. The third kappa shape index (κ3) is 4.04. The van der Waals surface area contributed by atoms with Crippen molar-refractivity contribution in [3.63, 3.8) is 0 Å². The molecule has 27 heavy (non-hydrogen) atoms. The van der Waals surface area contributed by atoms with E-state index in [0.29, 0.717) is 15.7 Å². The molecule has 0 aliphatic rings. The molecule has 0 fully saturated rings. The van der Waals surface area contributed by atoms with E-state index in [0.717, 1.165) is 0 Å². The first-order valence-electron chi connectivity index (χ1n) is 7.72. The molecule has 1 aromatic heterocycles. The highest BCUT2D eigenvalue weighted by Crippen LogP contribution is 2.26. The van der Waals surface area contributed by atoms with Crippen molar-refractivity contribution in [1.82, 2.24) is 9.78 Å². The molecule has 0 radical (unpaired) electrons. The van der Waals surface area contributed by atoms with Gasteiger partial charge in [-0.15, -0.1) is 0 Å². The summed E-state index contributed by atoms with van der Waals surface area (Å²) < 4.78 is 7.31. The van der Waals surface area contributed by atoms with Crippen molar-refractivity contribution < 1.29 is 19.4 Å². The zero-order valence-electron chi connectivity index (χ0n) is 13.8. The van der Waals surface area contributed by atoms with Gasteiger partial charge in [-0.05, 0) is 30.3 Å². The lowest BCUT2D eigenvalue weighted by molar-refractivity contribution is -0.139. The van der Waals surface area contributed by atoms with Crippen LogP contribution in [0.25, 0.3) is 5.69 Å². The molecule has 7 nitrogen and oxygen atoms in total. The standard InChI is InChI=1S/C19H12BrN3O4/c20-14-5-6-17(27-11-18(24)25)15(7-14)19(26)13-9-22-23(10-13)16-4-2-1-3-12(16)8-21/h1-7,9-10H,11H2,(H,24,25). The van der Waals surface area contributed by atoms with Gasteiger partial charge in [-0.25, -0.2) is 9.48 Å². The fourth-order valence-electron chi connectivity index (χ4n) is 2.44. The number of benzene rings is 2. The average Bonchev–Trinajstić information content (AvgIpc) is 3.16. The zero-order chi connectivity index (χ0) is 19.4. The van der Waals surface area contributed by atoms with E-state index in [1.54, 1.807) is 36.4 Å². The monoisotopic (exact) mass is 425 g/mol. The summed E-state index contributed by atoms with van der Waals surface area (Å²) in [6, 6.07) is 13.7. The predicted molar refractivity (Wildman–Crippen MR) is 99.0 cm³/mol. The quantitative estimate of drug-likeness (QED) is 0.607. The number of aromatic nitrogens is 2. The van der Waals surface area contributed by atoms with Crippen LogP contribution in [0.15, 0.2) is 59.3 Å². The van der Waals surface area contributed by atoms with Gasteiger partial charge in [0, 0.05) is 10.7 Å². The van der Waals surface area contributed by atoms with E-state index in [1.807, 2.05) is 0 Å². The molecule has 0 amide bonds. The molecule has 1 N–H and O–H groups in total. The summed E-state index contributed by atoms with van der Waals surface area (Å²) in [7, 11) is 0. The topological polar surface area (TPSA) is 105 Å². The van der Waals surface area contributed by atoms with Crippen LogP contribution in [0.3, 0.4) is 0 Å². The number of nitriles is 1. The highest BCUT2D eigenvalue weighted by molar-refractivity contribution is 9.10. The number of carboxylic acids is 1. The number of rotatable bonds is 6. The van der Waals surface area contributed by atoms with Crippen LogP contribution in [-0.4, -0.2) is 33.2 Å². The van der Waals surface area contributed by atoms with Gasteiger partial charge < -0.3 is 9.84 Å². The molecule has 3 rings (SSSR count). The number of hydrogen-bond acceptors (Lipinski definition) is 5. The first-order valence-corrected chi connectivity index (χ1v) is 8.52.